The maximum atomic E-state index is 11.7. The third-order valence-electron chi connectivity index (χ3n) is 3.18. The number of hydrogen-bond acceptors (Lipinski definition) is 3. The van der Waals surface area contributed by atoms with Crippen LogP contribution in [0.25, 0.3) is 5.69 Å². The van der Waals surface area contributed by atoms with Crippen LogP contribution in [0.5, 0.6) is 0 Å². The Labute approximate surface area is 111 Å². The average molecular weight is 256 g/mol. The Morgan fingerprint density at radius 1 is 1.11 bits per heavy atom. The van der Waals surface area contributed by atoms with E-state index >= 15 is 0 Å². The van der Waals surface area contributed by atoms with E-state index in [1.165, 1.54) is 18.6 Å². The fourth-order valence-corrected chi connectivity index (χ4v) is 1.91. The van der Waals surface area contributed by atoms with Crippen molar-refractivity contribution in [2.75, 3.05) is 0 Å². The van der Waals surface area contributed by atoms with E-state index in [4.69, 9.17) is 0 Å². The molecule has 19 heavy (non-hydrogen) atoms. The highest BCUT2D eigenvalue weighted by molar-refractivity contribution is 5.91. The van der Waals surface area contributed by atoms with Crippen LogP contribution in [0.4, 0.5) is 0 Å². The molecule has 1 aromatic heterocycles. The molecule has 0 atom stereocenters. The minimum Gasteiger partial charge on any atom is -0.293 e. The van der Waals surface area contributed by atoms with Crippen LogP contribution in [0, 0.1) is 20.8 Å². The van der Waals surface area contributed by atoms with Crippen LogP contribution in [0.15, 0.2) is 29.1 Å². The van der Waals surface area contributed by atoms with Crippen molar-refractivity contribution in [1.82, 2.24) is 9.78 Å². The Morgan fingerprint density at radius 3 is 2.37 bits per heavy atom. The Kier molecular flexibility index (Phi) is 3.34. The Hall–Kier alpha value is -2.23. The molecule has 0 radical (unpaired) electrons. The highest BCUT2D eigenvalue weighted by atomic mass is 16.1. The summed E-state index contributed by atoms with van der Waals surface area (Å²) in [6.07, 6.45) is 0. The van der Waals surface area contributed by atoms with Gasteiger partial charge in [-0.1, -0.05) is 6.07 Å². The summed E-state index contributed by atoms with van der Waals surface area (Å²) in [7, 11) is 0. The van der Waals surface area contributed by atoms with E-state index in [1.807, 2.05) is 32.0 Å². The molecular weight excluding hydrogens is 240 g/mol. The molecule has 1 heterocycles. The van der Waals surface area contributed by atoms with Crippen molar-refractivity contribution in [2.24, 2.45) is 0 Å². The van der Waals surface area contributed by atoms with Crippen LogP contribution in [0.2, 0.25) is 0 Å². The number of rotatable bonds is 2. The van der Waals surface area contributed by atoms with E-state index in [-0.39, 0.29) is 16.9 Å². The number of carbonyl (C=O) groups is 1. The molecule has 0 amide bonds. The molecule has 0 bridgehead atoms. The molecule has 0 aliphatic rings. The predicted molar refractivity (Wildman–Crippen MR) is 74.0 cm³/mol. The summed E-state index contributed by atoms with van der Waals surface area (Å²) < 4.78 is 1.63. The minimum absolute atomic E-state index is 0.0242. The SMILES string of the molecule is CC(=O)c1nn(-c2ccc(C)c(C)c2)c(C)cc1=O. The number of aromatic nitrogens is 2. The molecule has 4 nitrogen and oxygen atoms in total. The first kappa shape index (κ1) is 13.2. The van der Waals surface area contributed by atoms with Crippen LogP contribution in [-0.2, 0) is 0 Å². The molecule has 2 rings (SSSR count). The number of carbonyl (C=O) groups excluding carboxylic acids is 1. The Morgan fingerprint density at radius 2 is 1.79 bits per heavy atom. The van der Waals surface area contributed by atoms with E-state index in [9.17, 15) is 9.59 Å². The highest BCUT2D eigenvalue weighted by Crippen LogP contribution is 2.14. The Bertz CT molecular complexity index is 715. The molecule has 0 unspecified atom stereocenters. The largest absolute Gasteiger partial charge is 0.293 e. The predicted octanol–water partition coefficient (Wildman–Crippen LogP) is 2.36. The molecule has 0 saturated heterocycles. The summed E-state index contributed by atoms with van der Waals surface area (Å²) >= 11 is 0. The van der Waals surface area contributed by atoms with Crippen LogP contribution in [0.3, 0.4) is 0 Å². The van der Waals surface area contributed by atoms with Crippen LogP contribution in [-0.4, -0.2) is 15.6 Å². The summed E-state index contributed by atoms with van der Waals surface area (Å²) in [5.41, 5.74) is 3.53. The molecule has 0 spiro atoms. The normalized spacial score (nSPS) is 10.5. The van der Waals surface area contributed by atoms with Gasteiger partial charge in [-0.05, 0) is 44.0 Å². The van der Waals surface area contributed by atoms with Crippen LogP contribution in [0.1, 0.15) is 34.2 Å². The number of ketones is 1. The molecule has 4 heteroatoms. The lowest BCUT2D eigenvalue weighted by molar-refractivity contribution is 0.101. The van der Waals surface area contributed by atoms with Gasteiger partial charge in [0.25, 0.3) is 0 Å². The molecule has 0 aliphatic heterocycles. The van der Waals surface area contributed by atoms with Crippen molar-refractivity contribution < 1.29 is 4.79 Å². The third kappa shape index (κ3) is 2.47. The standard InChI is InChI=1S/C15H16N2O2/c1-9-5-6-13(7-10(9)2)17-11(3)8-14(19)15(16-17)12(4)18/h5-8H,1-4H3. The van der Waals surface area contributed by atoms with E-state index in [0.717, 1.165) is 11.3 Å². The van der Waals surface area contributed by atoms with Crippen molar-refractivity contribution in [3.63, 3.8) is 0 Å². The van der Waals surface area contributed by atoms with Gasteiger partial charge < -0.3 is 0 Å². The zero-order chi connectivity index (χ0) is 14.2. The van der Waals surface area contributed by atoms with Crippen molar-refractivity contribution in [2.45, 2.75) is 27.7 Å². The van der Waals surface area contributed by atoms with Crippen molar-refractivity contribution in [3.8, 4) is 5.69 Å². The molecule has 0 fully saturated rings. The fourth-order valence-electron chi connectivity index (χ4n) is 1.91. The summed E-state index contributed by atoms with van der Waals surface area (Å²) in [5, 5.41) is 4.17. The van der Waals surface area contributed by atoms with Gasteiger partial charge in [-0.15, -0.1) is 0 Å². The van der Waals surface area contributed by atoms with E-state index in [0.29, 0.717) is 5.69 Å². The lowest BCUT2D eigenvalue weighted by Gasteiger charge is -2.11. The summed E-state index contributed by atoms with van der Waals surface area (Å²) in [6, 6.07) is 7.36. The second-order valence-corrected chi connectivity index (χ2v) is 4.74. The lowest BCUT2D eigenvalue weighted by Crippen LogP contribution is -2.21. The van der Waals surface area contributed by atoms with Gasteiger partial charge in [-0.3, -0.25) is 9.59 Å². The fraction of sp³-hybridized carbons (Fsp3) is 0.267. The minimum atomic E-state index is -0.329. The van der Waals surface area contributed by atoms with E-state index < -0.39 is 0 Å². The lowest BCUT2D eigenvalue weighted by atomic mass is 10.1. The van der Waals surface area contributed by atoms with Gasteiger partial charge in [-0.25, -0.2) is 4.68 Å². The highest BCUT2D eigenvalue weighted by Gasteiger charge is 2.11. The zero-order valence-electron chi connectivity index (χ0n) is 11.5. The first-order valence-corrected chi connectivity index (χ1v) is 6.09. The Balaban J connectivity index is 2.68. The summed E-state index contributed by atoms with van der Waals surface area (Å²) in [6.45, 7) is 7.20. The molecule has 0 aliphatic carbocycles. The smallest absolute Gasteiger partial charge is 0.211 e. The molecule has 2 aromatic rings. The monoisotopic (exact) mass is 256 g/mol. The van der Waals surface area contributed by atoms with Crippen LogP contribution >= 0.6 is 0 Å². The van der Waals surface area contributed by atoms with E-state index in [1.54, 1.807) is 11.6 Å². The quantitative estimate of drug-likeness (QED) is 0.775. The number of nitrogens with zero attached hydrogens (tertiary/aromatic N) is 2. The van der Waals surface area contributed by atoms with Crippen molar-refractivity contribution >= 4 is 5.78 Å². The van der Waals surface area contributed by atoms with Crippen molar-refractivity contribution in [3.05, 3.63) is 57.0 Å². The first-order chi connectivity index (χ1) is 8.90. The maximum absolute atomic E-state index is 11.7. The molecule has 0 N–H and O–H groups in total. The van der Waals surface area contributed by atoms with Crippen LogP contribution < -0.4 is 5.43 Å². The zero-order valence-corrected chi connectivity index (χ0v) is 11.5. The number of aryl methyl sites for hydroxylation is 3. The topological polar surface area (TPSA) is 52.0 Å². The maximum Gasteiger partial charge on any atom is 0.211 e. The average Bonchev–Trinajstić information content (AvgIpc) is 2.32. The van der Waals surface area contributed by atoms with Gasteiger partial charge in [0.1, 0.15) is 0 Å². The van der Waals surface area contributed by atoms with Gasteiger partial charge in [-0.2, -0.15) is 5.10 Å². The second kappa shape index (κ2) is 4.80. The second-order valence-electron chi connectivity index (χ2n) is 4.74. The molecular formula is C15H16N2O2. The number of Topliss-reactive ketones (excluding diaryl/α,β-unsaturated/α-hetero) is 1. The van der Waals surface area contributed by atoms with Crippen molar-refractivity contribution in [1.29, 1.82) is 0 Å². The molecule has 1 aromatic carbocycles. The third-order valence-corrected chi connectivity index (χ3v) is 3.18. The first-order valence-electron chi connectivity index (χ1n) is 6.09. The molecule has 98 valence electrons. The van der Waals surface area contributed by atoms with Gasteiger partial charge in [0.2, 0.25) is 5.43 Å². The van der Waals surface area contributed by atoms with E-state index in [2.05, 4.69) is 5.10 Å². The summed E-state index contributed by atoms with van der Waals surface area (Å²) in [5.74, 6) is -0.317. The number of benzene rings is 1. The van der Waals surface area contributed by atoms with Gasteiger partial charge in [0.15, 0.2) is 11.5 Å². The summed E-state index contributed by atoms with van der Waals surface area (Å²) in [4.78, 5) is 23.1. The van der Waals surface area contributed by atoms with Gasteiger partial charge in [0, 0.05) is 18.7 Å². The van der Waals surface area contributed by atoms with Gasteiger partial charge >= 0.3 is 0 Å². The van der Waals surface area contributed by atoms with Gasteiger partial charge in [0.05, 0.1) is 5.69 Å². The number of hydrogen-bond donors (Lipinski definition) is 0. The molecule has 0 saturated carbocycles.